The van der Waals surface area contributed by atoms with E-state index >= 15 is 0 Å². The summed E-state index contributed by atoms with van der Waals surface area (Å²) in [4.78, 5) is 4.51. The highest BCUT2D eigenvalue weighted by atomic mass is 35.5. The number of alkyl halides is 1. The summed E-state index contributed by atoms with van der Waals surface area (Å²) < 4.78 is 18.9. The average Bonchev–Trinajstić information content (AvgIpc) is 3.58. The van der Waals surface area contributed by atoms with Crippen LogP contribution in [0.25, 0.3) is 22.4 Å². The lowest BCUT2D eigenvalue weighted by Crippen LogP contribution is -2.12. The minimum Gasteiger partial charge on any atom is -0.490 e. The van der Waals surface area contributed by atoms with Crippen molar-refractivity contribution in [1.82, 2.24) is 4.98 Å². The molecule has 1 aromatic heterocycles. The zero-order chi connectivity index (χ0) is 29.1. The van der Waals surface area contributed by atoms with E-state index in [2.05, 4.69) is 47.4 Å². The maximum Gasteiger partial charge on any atom is 0.180 e. The third kappa shape index (κ3) is 6.54. The van der Waals surface area contributed by atoms with Crippen molar-refractivity contribution in [3.05, 3.63) is 98.3 Å². The SMILES string of the molecule is Nc1nc(-c2ccc3c(c2)CCCC(c2ccc(Cl)cc2Cl)=C3c2ccc(O[C@H]3CCC(CCCCF)C3)cc2)cs1. The normalized spacial score (nSPS) is 18.6. The fourth-order valence-corrected chi connectivity index (χ4v) is 7.61. The van der Waals surface area contributed by atoms with E-state index in [4.69, 9.17) is 33.7 Å². The van der Waals surface area contributed by atoms with Crippen molar-refractivity contribution in [2.24, 2.45) is 5.92 Å². The van der Waals surface area contributed by atoms with Crippen LogP contribution in [0.5, 0.6) is 5.75 Å². The second-order valence-corrected chi connectivity index (χ2v) is 13.1. The van der Waals surface area contributed by atoms with Gasteiger partial charge in [0.25, 0.3) is 0 Å². The van der Waals surface area contributed by atoms with Gasteiger partial charge in [0.2, 0.25) is 0 Å². The van der Waals surface area contributed by atoms with Gasteiger partial charge in [0.05, 0.1) is 18.5 Å². The molecule has 0 saturated heterocycles. The quantitative estimate of drug-likeness (QED) is 0.189. The van der Waals surface area contributed by atoms with Crippen molar-refractivity contribution in [3.63, 3.8) is 0 Å². The molecule has 0 radical (unpaired) electrons. The van der Waals surface area contributed by atoms with Crippen LogP contribution in [0.3, 0.4) is 0 Å². The maximum absolute atomic E-state index is 12.5. The first-order chi connectivity index (χ1) is 20.5. The molecule has 2 N–H and O–H groups in total. The molecule has 1 heterocycles. The Labute approximate surface area is 261 Å². The third-order valence-corrected chi connectivity index (χ3v) is 9.78. The molecule has 6 rings (SSSR count). The van der Waals surface area contributed by atoms with Crippen LogP contribution in [0, 0.1) is 5.92 Å². The number of nitrogens with two attached hydrogens (primary N) is 1. The van der Waals surface area contributed by atoms with Gasteiger partial charge in [0.1, 0.15) is 5.75 Å². The molecule has 1 fully saturated rings. The number of anilines is 1. The predicted molar refractivity (Wildman–Crippen MR) is 175 cm³/mol. The Bertz CT molecular complexity index is 1580. The van der Waals surface area contributed by atoms with Crippen LogP contribution in [0.4, 0.5) is 9.52 Å². The Hall–Kier alpha value is -2.86. The average molecular weight is 622 g/mol. The fraction of sp³-hybridized carbons (Fsp3) is 0.343. The summed E-state index contributed by atoms with van der Waals surface area (Å²) in [6.45, 7) is -0.214. The number of allylic oxidation sites excluding steroid dienone is 1. The van der Waals surface area contributed by atoms with Gasteiger partial charge < -0.3 is 10.5 Å². The lowest BCUT2D eigenvalue weighted by Gasteiger charge is -2.19. The first-order valence-electron chi connectivity index (χ1n) is 14.8. The van der Waals surface area contributed by atoms with E-state index < -0.39 is 0 Å². The second kappa shape index (κ2) is 13.2. The molecule has 3 nitrogen and oxygen atoms in total. The lowest BCUT2D eigenvalue weighted by molar-refractivity contribution is 0.203. The summed E-state index contributed by atoms with van der Waals surface area (Å²) in [6, 6.07) is 20.9. The molecule has 0 amide bonds. The van der Waals surface area contributed by atoms with Crippen LogP contribution >= 0.6 is 34.5 Å². The van der Waals surface area contributed by atoms with E-state index in [1.807, 2.05) is 23.6 Å². The molecular weight excluding hydrogens is 586 g/mol. The number of thiazole rings is 1. The number of fused-ring (bicyclic) bond motifs is 1. The van der Waals surface area contributed by atoms with Crippen molar-refractivity contribution in [3.8, 4) is 17.0 Å². The van der Waals surface area contributed by atoms with Gasteiger partial charge in [0, 0.05) is 21.0 Å². The van der Waals surface area contributed by atoms with E-state index in [0.717, 1.165) is 73.1 Å². The lowest BCUT2D eigenvalue weighted by atomic mass is 9.87. The van der Waals surface area contributed by atoms with Crippen molar-refractivity contribution < 1.29 is 9.13 Å². The zero-order valence-corrected chi connectivity index (χ0v) is 25.9. The highest BCUT2D eigenvalue weighted by Gasteiger charge is 2.26. The second-order valence-electron chi connectivity index (χ2n) is 11.4. The van der Waals surface area contributed by atoms with Crippen molar-refractivity contribution in [2.75, 3.05) is 12.4 Å². The molecule has 4 aromatic rings. The Morgan fingerprint density at radius 3 is 2.50 bits per heavy atom. The first kappa shape index (κ1) is 29.2. The van der Waals surface area contributed by atoms with Crippen molar-refractivity contribution >= 4 is 50.8 Å². The summed E-state index contributed by atoms with van der Waals surface area (Å²) in [7, 11) is 0. The van der Waals surface area contributed by atoms with E-state index in [1.54, 1.807) is 0 Å². The number of aryl methyl sites for hydroxylation is 1. The van der Waals surface area contributed by atoms with E-state index in [1.165, 1.54) is 40.0 Å². The number of hydrogen-bond donors (Lipinski definition) is 1. The maximum atomic E-state index is 12.5. The Kier molecular flexibility index (Phi) is 9.18. The number of halogens is 3. The topological polar surface area (TPSA) is 48.1 Å². The highest BCUT2D eigenvalue weighted by Crippen LogP contribution is 2.43. The molecular formula is C35H35Cl2FN2OS. The number of hydrogen-bond acceptors (Lipinski definition) is 4. The standard InChI is InChI=1S/C35H35Cl2FN2OS/c36-26-11-16-30(32(37)20-26)31-6-3-5-24-19-25(33-21-42-35(39)40-33)10-15-29(24)34(31)23-8-13-27(14-9-23)41-28-12-7-22(18-28)4-1-2-17-38/h8-11,13-16,19-22,28H,1-7,12,17-18H2,(H2,39,40)/t22?,28-/m0/s1. The third-order valence-electron chi connectivity index (χ3n) is 8.56. The van der Waals surface area contributed by atoms with Crippen LogP contribution in [0.15, 0.2) is 66.0 Å². The molecule has 3 aromatic carbocycles. The predicted octanol–water partition coefficient (Wildman–Crippen LogP) is 10.7. The monoisotopic (exact) mass is 620 g/mol. The summed E-state index contributed by atoms with van der Waals surface area (Å²) >= 11 is 14.5. The smallest absolute Gasteiger partial charge is 0.180 e. The van der Waals surface area contributed by atoms with Crippen LogP contribution in [-0.4, -0.2) is 17.8 Å². The van der Waals surface area contributed by atoms with Crippen LogP contribution in [0.1, 0.15) is 73.6 Å². The van der Waals surface area contributed by atoms with Gasteiger partial charge >= 0.3 is 0 Å². The van der Waals surface area contributed by atoms with Crippen molar-refractivity contribution in [2.45, 2.75) is 63.9 Å². The van der Waals surface area contributed by atoms with Gasteiger partial charge in [-0.3, -0.25) is 4.39 Å². The summed E-state index contributed by atoms with van der Waals surface area (Å²) in [5.74, 6) is 1.54. The molecule has 218 valence electrons. The molecule has 1 unspecified atom stereocenters. The fourth-order valence-electron chi connectivity index (χ4n) is 6.52. The van der Waals surface area contributed by atoms with Crippen molar-refractivity contribution in [1.29, 1.82) is 0 Å². The number of nitrogens with zero attached hydrogens (tertiary/aromatic N) is 1. The molecule has 7 heteroatoms. The number of aromatic nitrogens is 1. The van der Waals surface area contributed by atoms with Gasteiger partial charge in [-0.25, -0.2) is 4.98 Å². The van der Waals surface area contributed by atoms with Gasteiger partial charge in [-0.1, -0.05) is 66.4 Å². The minimum absolute atomic E-state index is 0.214. The molecule has 0 bridgehead atoms. The highest BCUT2D eigenvalue weighted by molar-refractivity contribution is 7.13. The minimum atomic E-state index is -0.214. The largest absolute Gasteiger partial charge is 0.490 e. The molecule has 42 heavy (non-hydrogen) atoms. The summed E-state index contributed by atoms with van der Waals surface area (Å²) in [6.07, 6.45) is 9.11. The number of unbranched alkanes of at least 4 members (excludes halogenated alkanes) is 1. The molecule has 2 aliphatic carbocycles. The summed E-state index contributed by atoms with van der Waals surface area (Å²) in [5, 5.41) is 3.88. The Morgan fingerprint density at radius 1 is 0.929 bits per heavy atom. The van der Waals surface area contributed by atoms with Gasteiger partial charge in [-0.2, -0.15) is 0 Å². The number of rotatable bonds is 9. The Balaban J connectivity index is 1.34. The molecule has 2 aliphatic rings. The van der Waals surface area contributed by atoms with E-state index in [9.17, 15) is 4.39 Å². The van der Waals surface area contributed by atoms with Crippen LogP contribution in [0.2, 0.25) is 10.0 Å². The molecule has 0 spiro atoms. The zero-order valence-electron chi connectivity index (χ0n) is 23.6. The van der Waals surface area contributed by atoms with Gasteiger partial charge in [-0.05, 0) is 115 Å². The number of nitrogen functional groups attached to an aromatic ring is 1. The van der Waals surface area contributed by atoms with Crippen LogP contribution in [-0.2, 0) is 6.42 Å². The number of benzene rings is 3. The Morgan fingerprint density at radius 2 is 1.74 bits per heavy atom. The van der Waals surface area contributed by atoms with E-state index in [-0.39, 0.29) is 12.8 Å². The van der Waals surface area contributed by atoms with E-state index in [0.29, 0.717) is 27.5 Å². The molecule has 2 atom stereocenters. The van der Waals surface area contributed by atoms with Gasteiger partial charge in [-0.15, -0.1) is 11.3 Å². The summed E-state index contributed by atoms with van der Waals surface area (Å²) in [5.41, 5.74) is 15.0. The molecule has 1 saturated carbocycles. The first-order valence-corrected chi connectivity index (χ1v) is 16.5. The molecule has 0 aliphatic heterocycles. The van der Waals surface area contributed by atoms with Crippen LogP contribution < -0.4 is 10.5 Å². The number of ether oxygens (including phenoxy) is 1. The van der Waals surface area contributed by atoms with Gasteiger partial charge in [0.15, 0.2) is 5.13 Å².